The van der Waals surface area contributed by atoms with Crippen LogP contribution in [0.15, 0.2) is 12.2 Å². The third kappa shape index (κ3) is 2.39. The third-order valence-corrected chi connectivity index (χ3v) is 0.930. The molecule has 8 heavy (non-hydrogen) atoms. The molecule has 0 heterocycles. The Hall–Kier alpha value is -0.790. The van der Waals surface area contributed by atoms with Crippen LogP contribution in [0.5, 0.6) is 0 Å². The number of carbonyl (C=O) groups excluding carboxylic acids is 1. The molecular weight excluding hydrogens is 102 g/mol. The molecule has 0 aliphatic heterocycles. The van der Waals surface area contributed by atoms with E-state index in [1.165, 1.54) is 0 Å². The standard InChI is InChI=1S/C6H11NO/c1-3-4-5(2)6(7)8/h3-5H,1-2H3,(H2,7,8)/b4-3+. The zero-order valence-electron chi connectivity index (χ0n) is 5.22. The Kier molecular flexibility index (Phi) is 2.92. The van der Waals surface area contributed by atoms with Crippen molar-refractivity contribution in [1.82, 2.24) is 0 Å². The Labute approximate surface area is 49.4 Å². The van der Waals surface area contributed by atoms with Gasteiger partial charge in [0.05, 0.1) is 5.92 Å². The highest BCUT2D eigenvalue weighted by atomic mass is 16.1. The molecule has 1 atom stereocenters. The highest BCUT2D eigenvalue weighted by Gasteiger charge is 2.00. The summed E-state index contributed by atoms with van der Waals surface area (Å²) in [5.41, 5.74) is 4.93. The summed E-state index contributed by atoms with van der Waals surface area (Å²) in [4.78, 5) is 10.3. The monoisotopic (exact) mass is 113 g/mol. The Morgan fingerprint density at radius 1 is 1.75 bits per heavy atom. The van der Waals surface area contributed by atoms with Gasteiger partial charge in [0, 0.05) is 0 Å². The molecule has 2 nitrogen and oxygen atoms in total. The fraction of sp³-hybridized carbons (Fsp3) is 0.500. The van der Waals surface area contributed by atoms with Crippen molar-refractivity contribution < 1.29 is 4.79 Å². The molecule has 0 spiro atoms. The predicted molar refractivity (Wildman–Crippen MR) is 33.2 cm³/mol. The highest BCUT2D eigenvalue weighted by molar-refractivity contribution is 5.77. The van der Waals surface area contributed by atoms with E-state index in [4.69, 9.17) is 5.73 Å². The minimum atomic E-state index is -0.275. The number of primary amides is 1. The van der Waals surface area contributed by atoms with Gasteiger partial charge in [-0.15, -0.1) is 0 Å². The molecule has 0 aromatic carbocycles. The lowest BCUT2D eigenvalue weighted by Crippen LogP contribution is -2.18. The van der Waals surface area contributed by atoms with Gasteiger partial charge in [0.2, 0.25) is 5.91 Å². The molecule has 46 valence electrons. The van der Waals surface area contributed by atoms with Crippen LogP contribution in [0.25, 0.3) is 0 Å². The van der Waals surface area contributed by atoms with Crippen molar-refractivity contribution in [2.75, 3.05) is 0 Å². The van der Waals surface area contributed by atoms with Crippen molar-refractivity contribution >= 4 is 5.91 Å². The first-order chi connectivity index (χ1) is 3.68. The van der Waals surface area contributed by atoms with Crippen LogP contribution in [-0.2, 0) is 4.79 Å². The summed E-state index contributed by atoms with van der Waals surface area (Å²) in [5, 5.41) is 0. The predicted octanol–water partition coefficient (Wildman–Crippen LogP) is 0.684. The van der Waals surface area contributed by atoms with Crippen molar-refractivity contribution in [3.05, 3.63) is 12.2 Å². The molecule has 2 N–H and O–H groups in total. The van der Waals surface area contributed by atoms with Crippen molar-refractivity contribution in [2.24, 2.45) is 11.7 Å². The van der Waals surface area contributed by atoms with Gasteiger partial charge in [-0.2, -0.15) is 0 Å². The third-order valence-electron chi connectivity index (χ3n) is 0.930. The molecular formula is C6H11NO. The maximum atomic E-state index is 10.3. The summed E-state index contributed by atoms with van der Waals surface area (Å²) in [6.07, 6.45) is 3.58. The number of rotatable bonds is 2. The van der Waals surface area contributed by atoms with Crippen LogP contribution < -0.4 is 5.73 Å². The molecule has 0 aromatic rings. The number of amides is 1. The van der Waals surface area contributed by atoms with Gasteiger partial charge in [0.15, 0.2) is 0 Å². The molecule has 2 heteroatoms. The van der Waals surface area contributed by atoms with E-state index >= 15 is 0 Å². The fourth-order valence-corrected chi connectivity index (χ4v) is 0.384. The van der Waals surface area contributed by atoms with Crippen LogP contribution in [0.2, 0.25) is 0 Å². The fourth-order valence-electron chi connectivity index (χ4n) is 0.384. The Morgan fingerprint density at radius 3 is 2.38 bits per heavy atom. The van der Waals surface area contributed by atoms with Gasteiger partial charge in [-0.05, 0) is 6.92 Å². The molecule has 0 radical (unpaired) electrons. The SMILES string of the molecule is C/C=C/C(C)C(N)=O. The molecule has 0 saturated carbocycles. The summed E-state index contributed by atoms with van der Waals surface area (Å²) in [6, 6.07) is 0. The summed E-state index contributed by atoms with van der Waals surface area (Å²) >= 11 is 0. The van der Waals surface area contributed by atoms with Gasteiger partial charge in [0.1, 0.15) is 0 Å². The topological polar surface area (TPSA) is 43.1 Å². The molecule has 0 saturated heterocycles. The summed E-state index contributed by atoms with van der Waals surface area (Å²) in [7, 11) is 0. The molecule has 0 bridgehead atoms. The lowest BCUT2D eigenvalue weighted by Gasteiger charge is -1.95. The summed E-state index contributed by atoms with van der Waals surface area (Å²) in [5.74, 6) is -0.400. The number of hydrogen-bond acceptors (Lipinski definition) is 1. The first kappa shape index (κ1) is 7.21. The Balaban J connectivity index is 3.64. The van der Waals surface area contributed by atoms with Gasteiger partial charge < -0.3 is 5.73 Å². The zero-order valence-corrected chi connectivity index (χ0v) is 5.22. The number of nitrogens with two attached hydrogens (primary N) is 1. The van der Waals surface area contributed by atoms with Gasteiger partial charge in [-0.25, -0.2) is 0 Å². The van der Waals surface area contributed by atoms with Gasteiger partial charge >= 0.3 is 0 Å². The smallest absolute Gasteiger partial charge is 0.224 e. The molecule has 0 aliphatic carbocycles. The number of hydrogen-bond donors (Lipinski definition) is 1. The van der Waals surface area contributed by atoms with Crippen molar-refractivity contribution in [2.45, 2.75) is 13.8 Å². The summed E-state index contributed by atoms with van der Waals surface area (Å²) < 4.78 is 0. The second-order valence-electron chi connectivity index (χ2n) is 1.72. The van der Waals surface area contributed by atoms with E-state index in [1.807, 2.05) is 13.0 Å². The van der Waals surface area contributed by atoms with E-state index in [-0.39, 0.29) is 11.8 Å². The second-order valence-corrected chi connectivity index (χ2v) is 1.72. The summed E-state index contributed by atoms with van der Waals surface area (Å²) in [6.45, 7) is 3.63. The number of allylic oxidation sites excluding steroid dienone is 1. The van der Waals surface area contributed by atoms with Gasteiger partial charge in [0.25, 0.3) is 0 Å². The van der Waals surface area contributed by atoms with E-state index in [2.05, 4.69) is 0 Å². The molecule has 1 amide bonds. The average molecular weight is 113 g/mol. The second kappa shape index (κ2) is 3.24. The van der Waals surface area contributed by atoms with Crippen LogP contribution in [0.1, 0.15) is 13.8 Å². The van der Waals surface area contributed by atoms with Crippen molar-refractivity contribution in [3.8, 4) is 0 Å². The van der Waals surface area contributed by atoms with E-state index in [9.17, 15) is 4.79 Å². The number of carbonyl (C=O) groups is 1. The average Bonchev–Trinajstić information content (AvgIpc) is 1.67. The van der Waals surface area contributed by atoms with E-state index in [0.717, 1.165) is 0 Å². The molecule has 1 unspecified atom stereocenters. The first-order valence-electron chi connectivity index (χ1n) is 2.60. The first-order valence-corrected chi connectivity index (χ1v) is 2.60. The van der Waals surface area contributed by atoms with E-state index < -0.39 is 0 Å². The Bertz CT molecular complexity index is 107. The van der Waals surface area contributed by atoms with Crippen molar-refractivity contribution in [1.29, 1.82) is 0 Å². The van der Waals surface area contributed by atoms with Gasteiger partial charge in [-0.3, -0.25) is 4.79 Å². The maximum absolute atomic E-state index is 10.3. The van der Waals surface area contributed by atoms with Crippen LogP contribution in [0, 0.1) is 5.92 Å². The largest absolute Gasteiger partial charge is 0.369 e. The minimum Gasteiger partial charge on any atom is -0.369 e. The molecule has 0 aromatic heterocycles. The van der Waals surface area contributed by atoms with E-state index in [1.54, 1.807) is 13.0 Å². The van der Waals surface area contributed by atoms with E-state index in [0.29, 0.717) is 0 Å². The maximum Gasteiger partial charge on any atom is 0.224 e. The minimum absolute atomic E-state index is 0.125. The molecule has 0 fully saturated rings. The van der Waals surface area contributed by atoms with Crippen LogP contribution in [0.3, 0.4) is 0 Å². The quantitative estimate of drug-likeness (QED) is 0.526. The van der Waals surface area contributed by atoms with Crippen molar-refractivity contribution in [3.63, 3.8) is 0 Å². The zero-order chi connectivity index (χ0) is 6.57. The lowest BCUT2D eigenvalue weighted by molar-refractivity contribution is -0.120. The Morgan fingerprint density at radius 2 is 2.25 bits per heavy atom. The molecule has 0 aliphatic rings. The van der Waals surface area contributed by atoms with Gasteiger partial charge in [-0.1, -0.05) is 19.1 Å². The highest BCUT2D eigenvalue weighted by Crippen LogP contribution is 1.92. The molecule has 0 rings (SSSR count). The normalized spacial score (nSPS) is 14.2. The van der Waals surface area contributed by atoms with Crippen LogP contribution in [0.4, 0.5) is 0 Å². The van der Waals surface area contributed by atoms with Crippen LogP contribution in [-0.4, -0.2) is 5.91 Å². The lowest BCUT2D eigenvalue weighted by atomic mass is 10.1. The van der Waals surface area contributed by atoms with Crippen LogP contribution >= 0.6 is 0 Å².